The normalized spacial score (nSPS) is 10.5. The van der Waals surface area contributed by atoms with Crippen LogP contribution < -0.4 is 11.2 Å². The second-order valence-electron chi connectivity index (χ2n) is 5.59. The summed E-state index contributed by atoms with van der Waals surface area (Å²) >= 11 is 1.11. The van der Waals surface area contributed by atoms with Crippen LogP contribution in [0, 0.1) is 5.82 Å². The molecule has 28 heavy (non-hydrogen) atoms. The maximum Gasteiger partial charge on any atom is 0.337 e. The summed E-state index contributed by atoms with van der Waals surface area (Å²) in [7, 11) is 1.30. The topological polar surface area (TPSA) is 112 Å². The van der Waals surface area contributed by atoms with Crippen molar-refractivity contribution in [1.29, 1.82) is 0 Å². The largest absolute Gasteiger partial charge is 0.465 e. The number of halogens is 1. The number of hydrogen-bond donors (Lipinski definition) is 2. The van der Waals surface area contributed by atoms with Crippen LogP contribution in [0.3, 0.4) is 0 Å². The van der Waals surface area contributed by atoms with Crippen molar-refractivity contribution in [3.63, 3.8) is 0 Å². The van der Waals surface area contributed by atoms with E-state index < -0.39 is 5.97 Å². The molecule has 0 bridgehead atoms. The van der Waals surface area contributed by atoms with Crippen LogP contribution >= 0.6 is 11.8 Å². The number of carbonyl (C=O) groups is 2. The van der Waals surface area contributed by atoms with Gasteiger partial charge < -0.3 is 15.9 Å². The van der Waals surface area contributed by atoms with Gasteiger partial charge in [-0.25, -0.2) is 13.9 Å². The number of carbonyl (C=O) groups excluding carboxylic acids is 2. The summed E-state index contributed by atoms with van der Waals surface area (Å²) < 4.78 is 18.9. The Labute approximate surface area is 163 Å². The summed E-state index contributed by atoms with van der Waals surface area (Å²) in [5.41, 5.74) is 1.54. The van der Waals surface area contributed by atoms with Gasteiger partial charge in [0.2, 0.25) is 11.1 Å². The van der Waals surface area contributed by atoms with Gasteiger partial charge >= 0.3 is 5.97 Å². The number of amides is 1. The number of esters is 1. The number of nitrogens with two attached hydrogens (primary N) is 1. The van der Waals surface area contributed by atoms with E-state index in [4.69, 9.17) is 5.84 Å². The predicted octanol–water partition coefficient (Wildman–Crippen LogP) is 2.32. The highest BCUT2D eigenvalue weighted by molar-refractivity contribution is 7.99. The molecule has 10 heteroatoms. The molecule has 0 aliphatic heterocycles. The second-order valence-corrected chi connectivity index (χ2v) is 6.53. The minimum absolute atomic E-state index is 0.0531. The molecule has 3 rings (SSSR count). The first kappa shape index (κ1) is 19.4. The van der Waals surface area contributed by atoms with Gasteiger partial charge in [-0.05, 0) is 48.5 Å². The lowest BCUT2D eigenvalue weighted by Gasteiger charge is -2.06. The highest BCUT2D eigenvalue weighted by atomic mass is 32.2. The van der Waals surface area contributed by atoms with E-state index in [1.165, 1.54) is 23.9 Å². The van der Waals surface area contributed by atoms with Crippen LogP contribution in [0.5, 0.6) is 0 Å². The Morgan fingerprint density at radius 1 is 1.14 bits per heavy atom. The molecule has 144 valence electrons. The number of nitrogen functional groups attached to an aromatic ring is 1. The Kier molecular flexibility index (Phi) is 5.90. The van der Waals surface area contributed by atoms with E-state index in [2.05, 4.69) is 20.3 Å². The van der Waals surface area contributed by atoms with Crippen molar-refractivity contribution in [2.45, 2.75) is 5.16 Å². The zero-order valence-electron chi connectivity index (χ0n) is 14.8. The van der Waals surface area contributed by atoms with Gasteiger partial charge in [-0.3, -0.25) is 4.79 Å². The Morgan fingerprint density at radius 2 is 1.82 bits per heavy atom. The van der Waals surface area contributed by atoms with Gasteiger partial charge in [-0.15, -0.1) is 10.2 Å². The molecule has 0 unspecified atom stereocenters. The fourth-order valence-electron chi connectivity index (χ4n) is 2.31. The maximum absolute atomic E-state index is 13.0. The number of ether oxygens (including phenoxy) is 1. The first-order valence-electron chi connectivity index (χ1n) is 8.05. The quantitative estimate of drug-likeness (QED) is 0.370. The summed E-state index contributed by atoms with van der Waals surface area (Å²) in [4.78, 5) is 23.5. The Hall–Kier alpha value is -3.40. The van der Waals surface area contributed by atoms with E-state index in [-0.39, 0.29) is 17.5 Å². The van der Waals surface area contributed by atoms with E-state index >= 15 is 0 Å². The average molecular weight is 401 g/mol. The highest BCUT2D eigenvalue weighted by Gasteiger charge is 2.14. The van der Waals surface area contributed by atoms with Crippen LogP contribution in [-0.2, 0) is 9.53 Å². The number of thioether (sulfide) groups is 1. The third-order valence-corrected chi connectivity index (χ3v) is 4.63. The molecule has 0 aliphatic rings. The number of methoxy groups -OCH3 is 1. The van der Waals surface area contributed by atoms with Gasteiger partial charge in [0, 0.05) is 11.3 Å². The van der Waals surface area contributed by atoms with E-state index in [1.807, 2.05) is 0 Å². The SMILES string of the molecule is COC(=O)c1ccc(NC(=O)CSc2nnc(-c3ccc(F)cc3)n2N)cc1. The number of aromatic nitrogens is 3. The summed E-state index contributed by atoms with van der Waals surface area (Å²) in [6.07, 6.45) is 0. The molecule has 0 aliphatic carbocycles. The Balaban J connectivity index is 1.59. The fraction of sp³-hybridized carbons (Fsp3) is 0.111. The standard InChI is InChI=1S/C18H16FN5O3S/c1-27-17(26)12-4-8-14(9-5-12)21-15(25)10-28-18-23-22-16(24(18)20)11-2-6-13(19)7-3-11/h2-9H,10,20H2,1H3,(H,21,25). The highest BCUT2D eigenvalue weighted by Crippen LogP contribution is 2.22. The van der Waals surface area contributed by atoms with Crippen molar-refractivity contribution in [3.05, 3.63) is 59.9 Å². The first-order valence-corrected chi connectivity index (χ1v) is 9.04. The summed E-state index contributed by atoms with van der Waals surface area (Å²) in [6.45, 7) is 0. The molecule has 2 aromatic carbocycles. The van der Waals surface area contributed by atoms with Crippen LogP contribution in [0.25, 0.3) is 11.4 Å². The van der Waals surface area contributed by atoms with Crippen molar-refractivity contribution in [2.75, 3.05) is 24.0 Å². The zero-order chi connectivity index (χ0) is 20.1. The molecule has 1 aromatic heterocycles. The Bertz CT molecular complexity index is 989. The molecule has 0 saturated heterocycles. The molecule has 0 saturated carbocycles. The molecule has 3 N–H and O–H groups in total. The fourth-order valence-corrected chi connectivity index (χ4v) is 2.96. The molecule has 0 spiro atoms. The van der Waals surface area contributed by atoms with Crippen LogP contribution in [0.1, 0.15) is 10.4 Å². The van der Waals surface area contributed by atoms with Gasteiger partial charge in [-0.2, -0.15) is 0 Å². The molecule has 0 fully saturated rings. The maximum atomic E-state index is 13.0. The lowest BCUT2D eigenvalue weighted by Crippen LogP contribution is -2.16. The monoisotopic (exact) mass is 401 g/mol. The Morgan fingerprint density at radius 3 is 2.46 bits per heavy atom. The average Bonchev–Trinajstić information content (AvgIpc) is 3.07. The predicted molar refractivity (Wildman–Crippen MR) is 103 cm³/mol. The van der Waals surface area contributed by atoms with E-state index in [9.17, 15) is 14.0 Å². The van der Waals surface area contributed by atoms with Gasteiger partial charge in [0.15, 0.2) is 5.82 Å². The minimum atomic E-state index is -0.451. The van der Waals surface area contributed by atoms with E-state index in [0.717, 1.165) is 11.8 Å². The third-order valence-electron chi connectivity index (χ3n) is 3.69. The second kappa shape index (κ2) is 8.53. The van der Waals surface area contributed by atoms with Gasteiger partial charge in [0.1, 0.15) is 5.82 Å². The van der Waals surface area contributed by atoms with Crippen LogP contribution in [-0.4, -0.2) is 39.6 Å². The number of nitrogens with one attached hydrogen (secondary N) is 1. The van der Waals surface area contributed by atoms with Crippen LogP contribution in [0.4, 0.5) is 10.1 Å². The van der Waals surface area contributed by atoms with Crippen molar-refractivity contribution < 1.29 is 18.7 Å². The van der Waals surface area contributed by atoms with Crippen molar-refractivity contribution in [3.8, 4) is 11.4 Å². The molecule has 0 radical (unpaired) electrons. The van der Waals surface area contributed by atoms with Crippen LogP contribution in [0.15, 0.2) is 53.7 Å². The third kappa shape index (κ3) is 4.46. The number of hydrogen-bond acceptors (Lipinski definition) is 7. The van der Waals surface area contributed by atoms with Crippen molar-refractivity contribution >= 4 is 29.3 Å². The van der Waals surface area contributed by atoms with Gasteiger partial charge in [-0.1, -0.05) is 11.8 Å². The molecule has 1 heterocycles. The number of anilines is 1. The first-order chi connectivity index (χ1) is 13.5. The molecular formula is C18H16FN5O3S. The smallest absolute Gasteiger partial charge is 0.337 e. The van der Waals surface area contributed by atoms with Crippen molar-refractivity contribution in [1.82, 2.24) is 14.9 Å². The zero-order valence-corrected chi connectivity index (χ0v) is 15.6. The molecule has 1 amide bonds. The summed E-state index contributed by atoms with van der Waals surface area (Å²) in [5, 5.41) is 11.0. The lowest BCUT2D eigenvalue weighted by atomic mass is 10.2. The number of nitrogens with zero attached hydrogens (tertiary/aromatic N) is 3. The summed E-state index contributed by atoms with van der Waals surface area (Å²) in [6, 6.07) is 12.0. The molecule has 8 nitrogen and oxygen atoms in total. The van der Waals surface area contributed by atoms with E-state index in [0.29, 0.717) is 27.8 Å². The van der Waals surface area contributed by atoms with Gasteiger partial charge in [0.05, 0.1) is 18.4 Å². The summed E-state index contributed by atoms with van der Waals surface area (Å²) in [5.74, 6) is 5.30. The number of benzene rings is 2. The molecular weight excluding hydrogens is 385 g/mol. The molecule has 0 atom stereocenters. The minimum Gasteiger partial charge on any atom is -0.465 e. The molecule has 3 aromatic rings. The van der Waals surface area contributed by atoms with E-state index in [1.54, 1.807) is 36.4 Å². The van der Waals surface area contributed by atoms with Gasteiger partial charge in [0.25, 0.3) is 0 Å². The lowest BCUT2D eigenvalue weighted by molar-refractivity contribution is -0.113. The van der Waals surface area contributed by atoms with Crippen molar-refractivity contribution in [2.24, 2.45) is 0 Å². The number of rotatable bonds is 6. The van der Waals surface area contributed by atoms with Crippen LogP contribution in [0.2, 0.25) is 0 Å².